The molecule has 0 aromatic heterocycles. The highest BCUT2D eigenvalue weighted by atomic mass is 35.5. The number of unbranched alkanes of at least 4 members (excludes halogenated alkanes) is 1. The van der Waals surface area contributed by atoms with Gasteiger partial charge in [0, 0.05) is 13.1 Å². The minimum Gasteiger partial charge on any atom is -0.354 e. The van der Waals surface area contributed by atoms with Crippen molar-refractivity contribution in [1.29, 1.82) is 0 Å². The van der Waals surface area contributed by atoms with Crippen LogP contribution in [0.15, 0.2) is 42.5 Å². The van der Waals surface area contributed by atoms with Crippen LogP contribution >= 0.6 is 23.2 Å². The molecule has 2 aromatic rings. The Hall–Kier alpha value is -2.11. The molecule has 2 aromatic carbocycles. The first-order chi connectivity index (χ1) is 13.8. The number of hydrogen-bond acceptors (Lipinski definition) is 2. The zero-order chi connectivity index (χ0) is 21.4. The summed E-state index contributed by atoms with van der Waals surface area (Å²) in [6.45, 7) is 4.49. The third-order valence-corrected chi connectivity index (χ3v) is 5.34. The van der Waals surface area contributed by atoms with Crippen molar-refractivity contribution in [1.82, 2.24) is 10.2 Å². The summed E-state index contributed by atoms with van der Waals surface area (Å²) in [4.78, 5) is 27.1. The van der Waals surface area contributed by atoms with E-state index in [0.717, 1.165) is 18.4 Å². The van der Waals surface area contributed by atoms with E-state index in [1.54, 1.807) is 37.3 Å². The van der Waals surface area contributed by atoms with Crippen molar-refractivity contribution < 1.29 is 14.0 Å². The molecule has 0 saturated heterocycles. The summed E-state index contributed by atoms with van der Waals surface area (Å²) in [6, 6.07) is 10.2. The molecule has 0 bridgehead atoms. The van der Waals surface area contributed by atoms with Gasteiger partial charge in [-0.05, 0) is 48.7 Å². The van der Waals surface area contributed by atoms with Crippen LogP contribution in [-0.2, 0) is 22.6 Å². The van der Waals surface area contributed by atoms with E-state index in [4.69, 9.17) is 23.2 Å². The molecular formula is C22H25Cl2FN2O2. The molecule has 4 nitrogen and oxygen atoms in total. The summed E-state index contributed by atoms with van der Waals surface area (Å²) >= 11 is 12.0. The Morgan fingerprint density at radius 1 is 1.07 bits per heavy atom. The lowest BCUT2D eigenvalue weighted by atomic mass is 10.1. The van der Waals surface area contributed by atoms with Gasteiger partial charge in [0.05, 0.1) is 16.5 Å². The molecule has 29 heavy (non-hydrogen) atoms. The summed E-state index contributed by atoms with van der Waals surface area (Å²) in [5.74, 6) is -0.804. The average Bonchev–Trinajstić information content (AvgIpc) is 2.69. The SMILES string of the molecule is CCCCNC(=O)[C@H](C)N(Cc1ccc(F)cc1)C(=O)Cc1ccc(Cl)c(Cl)c1. The molecule has 0 radical (unpaired) electrons. The fourth-order valence-electron chi connectivity index (χ4n) is 2.83. The summed E-state index contributed by atoms with van der Waals surface area (Å²) in [5.41, 5.74) is 1.44. The maximum absolute atomic E-state index is 13.2. The van der Waals surface area contributed by atoms with E-state index < -0.39 is 6.04 Å². The molecule has 7 heteroatoms. The van der Waals surface area contributed by atoms with Gasteiger partial charge < -0.3 is 10.2 Å². The maximum atomic E-state index is 13.2. The molecule has 2 rings (SSSR count). The standard InChI is InChI=1S/C22H25Cl2FN2O2/c1-3-4-11-26-22(29)15(2)27(14-16-5-8-18(25)9-6-16)21(28)13-17-7-10-19(23)20(24)12-17/h5-10,12,15H,3-4,11,13-14H2,1-2H3,(H,26,29)/t15-/m0/s1. The van der Waals surface area contributed by atoms with Crippen LogP contribution in [0.4, 0.5) is 4.39 Å². The maximum Gasteiger partial charge on any atom is 0.242 e. The smallest absolute Gasteiger partial charge is 0.242 e. The number of amides is 2. The van der Waals surface area contributed by atoms with Gasteiger partial charge in [-0.1, -0.05) is 54.7 Å². The van der Waals surface area contributed by atoms with Gasteiger partial charge in [-0.2, -0.15) is 0 Å². The van der Waals surface area contributed by atoms with Gasteiger partial charge in [0.2, 0.25) is 11.8 Å². The van der Waals surface area contributed by atoms with Crippen LogP contribution < -0.4 is 5.32 Å². The fourth-order valence-corrected chi connectivity index (χ4v) is 3.15. The monoisotopic (exact) mass is 438 g/mol. The minimum atomic E-state index is -0.674. The molecule has 0 spiro atoms. The second kappa shape index (κ2) is 11.2. The Morgan fingerprint density at radius 3 is 2.34 bits per heavy atom. The quantitative estimate of drug-likeness (QED) is 0.559. The lowest BCUT2D eigenvalue weighted by molar-refractivity contribution is -0.140. The average molecular weight is 439 g/mol. The van der Waals surface area contributed by atoms with E-state index in [0.29, 0.717) is 22.2 Å². The summed E-state index contributed by atoms with van der Waals surface area (Å²) < 4.78 is 13.2. The van der Waals surface area contributed by atoms with Crippen LogP contribution in [-0.4, -0.2) is 29.3 Å². The van der Waals surface area contributed by atoms with E-state index >= 15 is 0 Å². The molecule has 0 aliphatic rings. The predicted octanol–water partition coefficient (Wildman–Crippen LogP) is 5.01. The molecule has 156 valence electrons. The Kier molecular flexibility index (Phi) is 8.93. The molecule has 0 fully saturated rings. The van der Waals surface area contributed by atoms with Crippen molar-refractivity contribution in [2.45, 2.75) is 45.7 Å². The Balaban J connectivity index is 2.19. The molecule has 2 amide bonds. The third kappa shape index (κ3) is 7.02. The topological polar surface area (TPSA) is 49.4 Å². The number of benzene rings is 2. The van der Waals surface area contributed by atoms with Crippen LogP contribution in [0.25, 0.3) is 0 Å². The molecule has 0 aliphatic heterocycles. The number of carbonyl (C=O) groups is 2. The van der Waals surface area contributed by atoms with Gasteiger partial charge in [0.1, 0.15) is 11.9 Å². The summed E-state index contributed by atoms with van der Waals surface area (Å²) in [7, 11) is 0. The van der Waals surface area contributed by atoms with Gasteiger partial charge >= 0.3 is 0 Å². The highest BCUT2D eigenvalue weighted by molar-refractivity contribution is 6.42. The normalized spacial score (nSPS) is 11.8. The Bertz CT molecular complexity index is 843. The van der Waals surface area contributed by atoms with E-state index in [-0.39, 0.29) is 30.6 Å². The summed E-state index contributed by atoms with van der Waals surface area (Å²) in [6.07, 6.45) is 1.91. The molecule has 0 heterocycles. The van der Waals surface area contributed by atoms with Crippen LogP contribution in [0.1, 0.15) is 37.8 Å². The van der Waals surface area contributed by atoms with Crippen LogP contribution in [0.5, 0.6) is 0 Å². The van der Waals surface area contributed by atoms with Crippen molar-refractivity contribution in [3.05, 3.63) is 69.5 Å². The largest absolute Gasteiger partial charge is 0.354 e. The van der Waals surface area contributed by atoms with Crippen LogP contribution in [0.3, 0.4) is 0 Å². The highest BCUT2D eigenvalue weighted by Crippen LogP contribution is 2.23. The Labute approximate surface area is 181 Å². The van der Waals surface area contributed by atoms with E-state index in [9.17, 15) is 14.0 Å². The number of nitrogens with zero attached hydrogens (tertiary/aromatic N) is 1. The second-order valence-corrected chi connectivity index (χ2v) is 7.71. The van der Waals surface area contributed by atoms with E-state index in [1.807, 2.05) is 6.92 Å². The minimum absolute atomic E-state index is 0.0741. The van der Waals surface area contributed by atoms with E-state index in [1.165, 1.54) is 17.0 Å². The molecule has 0 aliphatic carbocycles. The van der Waals surface area contributed by atoms with Gasteiger partial charge in [-0.15, -0.1) is 0 Å². The number of nitrogens with one attached hydrogen (secondary N) is 1. The molecular weight excluding hydrogens is 414 g/mol. The Morgan fingerprint density at radius 2 is 1.72 bits per heavy atom. The van der Waals surface area contributed by atoms with Crippen LogP contribution in [0.2, 0.25) is 10.0 Å². The second-order valence-electron chi connectivity index (χ2n) is 6.89. The van der Waals surface area contributed by atoms with Gasteiger partial charge in [0.15, 0.2) is 0 Å². The molecule has 1 atom stereocenters. The van der Waals surface area contributed by atoms with Crippen LogP contribution in [0, 0.1) is 5.82 Å². The van der Waals surface area contributed by atoms with Gasteiger partial charge in [-0.3, -0.25) is 9.59 Å². The van der Waals surface area contributed by atoms with Crippen molar-refractivity contribution in [3.63, 3.8) is 0 Å². The lowest BCUT2D eigenvalue weighted by Crippen LogP contribution is -2.48. The number of rotatable bonds is 9. The van der Waals surface area contributed by atoms with Crippen molar-refractivity contribution in [2.24, 2.45) is 0 Å². The van der Waals surface area contributed by atoms with Gasteiger partial charge in [0.25, 0.3) is 0 Å². The zero-order valence-corrected chi connectivity index (χ0v) is 18.1. The zero-order valence-electron chi connectivity index (χ0n) is 16.6. The predicted molar refractivity (Wildman–Crippen MR) is 114 cm³/mol. The fraction of sp³-hybridized carbons (Fsp3) is 0.364. The molecule has 1 N–H and O–H groups in total. The van der Waals surface area contributed by atoms with Crippen molar-refractivity contribution in [2.75, 3.05) is 6.54 Å². The first-order valence-corrected chi connectivity index (χ1v) is 10.3. The van der Waals surface area contributed by atoms with Gasteiger partial charge in [-0.25, -0.2) is 4.39 Å². The van der Waals surface area contributed by atoms with Crippen molar-refractivity contribution >= 4 is 35.0 Å². The number of hydrogen-bond donors (Lipinski definition) is 1. The number of halogens is 3. The first kappa shape index (κ1) is 23.2. The highest BCUT2D eigenvalue weighted by Gasteiger charge is 2.26. The first-order valence-electron chi connectivity index (χ1n) is 9.57. The third-order valence-electron chi connectivity index (χ3n) is 4.60. The lowest BCUT2D eigenvalue weighted by Gasteiger charge is -2.29. The van der Waals surface area contributed by atoms with E-state index in [2.05, 4.69) is 5.32 Å². The summed E-state index contributed by atoms with van der Waals surface area (Å²) in [5, 5.41) is 3.64. The molecule has 0 unspecified atom stereocenters. The molecule has 0 saturated carbocycles. The number of carbonyl (C=O) groups excluding carboxylic acids is 2. The van der Waals surface area contributed by atoms with Crippen molar-refractivity contribution in [3.8, 4) is 0 Å².